The lowest BCUT2D eigenvalue weighted by Crippen LogP contribution is -2.24. The summed E-state index contributed by atoms with van der Waals surface area (Å²) in [6, 6.07) is 11.8. The Morgan fingerprint density at radius 1 is 1.15 bits per heavy atom. The number of nitrogens with zero attached hydrogens (tertiary/aromatic N) is 1. The number of hydrogen-bond donors (Lipinski definition) is 1. The molecule has 2 aromatic rings. The van der Waals surface area contributed by atoms with E-state index in [1.807, 2.05) is 6.07 Å². The van der Waals surface area contributed by atoms with Gasteiger partial charge in [-0.05, 0) is 36.2 Å². The first kappa shape index (κ1) is 18.8. The maximum absolute atomic E-state index is 12.4. The molecule has 0 saturated carbocycles. The second-order valence-corrected chi connectivity index (χ2v) is 6.15. The number of carbonyl (C=O) groups is 2. The Labute approximate surface area is 153 Å². The first-order valence-corrected chi connectivity index (χ1v) is 8.34. The Balaban J connectivity index is 1.68. The van der Waals surface area contributed by atoms with Gasteiger partial charge < -0.3 is 15.0 Å². The van der Waals surface area contributed by atoms with Crippen molar-refractivity contribution in [2.75, 3.05) is 11.9 Å². The normalized spacial score (nSPS) is 14.3. The summed E-state index contributed by atoms with van der Waals surface area (Å²) in [6.07, 6.45) is -3.43. The van der Waals surface area contributed by atoms with E-state index < -0.39 is 18.0 Å². The van der Waals surface area contributed by atoms with Crippen LogP contribution in [0.4, 0.5) is 18.9 Å². The topological polar surface area (TPSA) is 58.6 Å². The monoisotopic (exact) mass is 378 g/mol. The first-order chi connectivity index (χ1) is 12.8. The fraction of sp³-hybridized carbons (Fsp3) is 0.263. The molecule has 3 rings (SSSR count). The van der Waals surface area contributed by atoms with Gasteiger partial charge in [0.2, 0.25) is 5.91 Å². The van der Waals surface area contributed by atoms with E-state index in [1.54, 1.807) is 23.1 Å². The predicted molar refractivity (Wildman–Crippen MR) is 92.2 cm³/mol. The van der Waals surface area contributed by atoms with Crippen molar-refractivity contribution in [3.63, 3.8) is 0 Å². The van der Waals surface area contributed by atoms with E-state index in [-0.39, 0.29) is 11.6 Å². The molecule has 1 N–H and O–H groups in total. The second kappa shape index (κ2) is 7.69. The molecule has 1 fully saturated rings. The quantitative estimate of drug-likeness (QED) is 0.857. The van der Waals surface area contributed by atoms with E-state index in [0.29, 0.717) is 25.1 Å². The summed E-state index contributed by atoms with van der Waals surface area (Å²) < 4.78 is 40.8. The number of benzene rings is 2. The Kier molecular flexibility index (Phi) is 5.34. The lowest BCUT2D eigenvalue weighted by molar-refractivity contribution is -0.274. The van der Waals surface area contributed by atoms with Crippen molar-refractivity contribution in [2.24, 2.45) is 0 Å². The lowest BCUT2D eigenvalue weighted by atomic mass is 10.1. The van der Waals surface area contributed by atoms with Gasteiger partial charge in [-0.1, -0.05) is 18.2 Å². The van der Waals surface area contributed by atoms with Crippen LogP contribution in [-0.2, 0) is 11.3 Å². The van der Waals surface area contributed by atoms with Gasteiger partial charge in [0.25, 0.3) is 5.91 Å². The van der Waals surface area contributed by atoms with Gasteiger partial charge in [-0.25, -0.2) is 0 Å². The highest BCUT2D eigenvalue weighted by molar-refractivity contribution is 6.04. The molecule has 1 aliphatic rings. The van der Waals surface area contributed by atoms with Crippen molar-refractivity contribution < 1.29 is 27.5 Å². The maximum Gasteiger partial charge on any atom is 0.573 e. The zero-order chi connectivity index (χ0) is 19.4. The van der Waals surface area contributed by atoms with E-state index in [9.17, 15) is 22.8 Å². The molecule has 0 bridgehead atoms. The Bertz CT molecular complexity index is 852. The van der Waals surface area contributed by atoms with Crippen LogP contribution in [0.25, 0.3) is 0 Å². The van der Waals surface area contributed by atoms with E-state index in [1.165, 1.54) is 12.1 Å². The van der Waals surface area contributed by atoms with Crippen LogP contribution < -0.4 is 10.1 Å². The van der Waals surface area contributed by atoms with Crippen LogP contribution in [0.2, 0.25) is 0 Å². The van der Waals surface area contributed by atoms with Gasteiger partial charge in [-0.3, -0.25) is 9.59 Å². The third kappa shape index (κ3) is 5.22. The van der Waals surface area contributed by atoms with Gasteiger partial charge in [0.15, 0.2) is 0 Å². The summed E-state index contributed by atoms with van der Waals surface area (Å²) in [5, 5.41) is 2.55. The molecule has 8 heteroatoms. The molecule has 0 atom stereocenters. The minimum atomic E-state index is -4.80. The van der Waals surface area contributed by atoms with Crippen LogP contribution in [0.3, 0.4) is 0 Å². The third-order valence-electron chi connectivity index (χ3n) is 4.06. The molecular formula is C19H17F3N2O3. The first-order valence-electron chi connectivity index (χ1n) is 8.34. The van der Waals surface area contributed by atoms with Crippen LogP contribution >= 0.6 is 0 Å². The SMILES string of the molecule is O=C(Nc1cccc(OC(F)(F)F)c1)c1cccc(CN2CCCC2=O)c1. The van der Waals surface area contributed by atoms with Gasteiger partial charge >= 0.3 is 6.36 Å². The smallest absolute Gasteiger partial charge is 0.406 e. The average molecular weight is 378 g/mol. The summed E-state index contributed by atoms with van der Waals surface area (Å²) in [5.41, 5.74) is 1.34. The van der Waals surface area contributed by atoms with E-state index in [2.05, 4.69) is 10.1 Å². The van der Waals surface area contributed by atoms with Crippen molar-refractivity contribution in [3.05, 3.63) is 59.7 Å². The molecule has 0 radical (unpaired) electrons. The molecule has 2 aromatic carbocycles. The zero-order valence-corrected chi connectivity index (χ0v) is 14.3. The van der Waals surface area contributed by atoms with Gasteiger partial charge in [0, 0.05) is 36.8 Å². The van der Waals surface area contributed by atoms with Crippen molar-refractivity contribution in [2.45, 2.75) is 25.7 Å². The van der Waals surface area contributed by atoms with Gasteiger partial charge in [0.05, 0.1) is 0 Å². The second-order valence-electron chi connectivity index (χ2n) is 6.15. The van der Waals surface area contributed by atoms with Crippen LogP contribution in [0.15, 0.2) is 48.5 Å². The zero-order valence-electron chi connectivity index (χ0n) is 14.3. The highest BCUT2D eigenvalue weighted by Crippen LogP contribution is 2.25. The molecule has 0 aromatic heterocycles. The maximum atomic E-state index is 12.4. The largest absolute Gasteiger partial charge is 0.573 e. The minimum Gasteiger partial charge on any atom is -0.406 e. The van der Waals surface area contributed by atoms with Crippen molar-refractivity contribution in [1.82, 2.24) is 4.90 Å². The number of alkyl halides is 3. The standard InChI is InChI=1S/C19H17F3N2O3/c20-19(21,22)27-16-7-2-6-15(11-16)23-18(26)14-5-1-4-13(10-14)12-24-9-3-8-17(24)25/h1-2,4-7,10-11H,3,8-9,12H2,(H,23,26). The number of ether oxygens (including phenoxy) is 1. The van der Waals surface area contributed by atoms with Crippen molar-refractivity contribution >= 4 is 17.5 Å². The highest BCUT2D eigenvalue weighted by atomic mass is 19.4. The molecule has 27 heavy (non-hydrogen) atoms. The predicted octanol–water partition coefficient (Wildman–Crippen LogP) is 3.96. The molecule has 142 valence electrons. The van der Waals surface area contributed by atoms with Crippen LogP contribution in [0.5, 0.6) is 5.75 Å². The van der Waals surface area contributed by atoms with Crippen molar-refractivity contribution in [3.8, 4) is 5.75 Å². The fourth-order valence-electron chi connectivity index (χ4n) is 2.88. The van der Waals surface area contributed by atoms with Crippen LogP contribution in [0.1, 0.15) is 28.8 Å². The van der Waals surface area contributed by atoms with Crippen molar-refractivity contribution in [1.29, 1.82) is 0 Å². The number of amides is 2. The van der Waals surface area contributed by atoms with E-state index >= 15 is 0 Å². The van der Waals surface area contributed by atoms with Gasteiger partial charge in [0.1, 0.15) is 5.75 Å². The Morgan fingerprint density at radius 2 is 1.93 bits per heavy atom. The highest BCUT2D eigenvalue weighted by Gasteiger charge is 2.31. The van der Waals surface area contributed by atoms with Crippen LogP contribution in [0, 0.1) is 0 Å². The molecule has 1 saturated heterocycles. The molecule has 1 aliphatic heterocycles. The molecule has 0 spiro atoms. The number of anilines is 1. The molecule has 0 unspecified atom stereocenters. The molecule has 0 aliphatic carbocycles. The average Bonchev–Trinajstić information content (AvgIpc) is 2.99. The van der Waals surface area contributed by atoms with Gasteiger partial charge in [-0.15, -0.1) is 13.2 Å². The summed E-state index contributed by atoms with van der Waals surface area (Å²) in [6.45, 7) is 1.12. The summed E-state index contributed by atoms with van der Waals surface area (Å²) in [7, 11) is 0. The molecule has 2 amide bonds. The summed E-state index contributed by atoms with van der Waals surface area (Å²) >= 11 is 0. The summed E-state index contributed by atoms with van der Waals surface area (Å²) in [4.78, 5) is 25.9. The number of likely N-dealkylation sites (tertiary alicyclic amines) is 1. The number of nitrogens with one attached hydrogen (secondary N) is 1. The summed E-state index contributed by atoms with van der Waals surface area (Å²) in [5.74, 6) is -0.790. The molecule has 5 nitrogen and oxygen atoms in total. The van der Waals surface area contributed by atoms with E-state index in [4.69, 9.17) is 0 Å². The molecule has 1 heterocycles. The fourth-order valence-corrected chi connectivity index (χ4v) is 2.88. The van der Waals surface area contributed by atoms with E-state index in [0.717, 1.165) is 24.1 Å². The van der Waals surface area contributed by atoms with Crippen LogP contribution in [-0.4, -0.2) is 29.6 Å². The molecular weight excluding hydrogens is 361 g/mol. The number of carbonyl (C=O) groups excluding carboxylic acids is 2. The third-order valence-corrected chi connectivity index (χ3v) is 4.06. The Hall–Kier alpha value is -3.03. The lowest BCUT2D eigenvalue weighted by Gasteiger charge is -2.16. The number of halogens is 3. The Morgan fingerprint density at radius 3 is 2.63 bits per heavy atom. The number of hydrogen-bond acceptors (Lipinski definition) is 3. The minimum absolute atomic E-state index is 0.0892. The van der Waals surface area contributed by atoms with Gasteiger partial charge in [-0.2, -0.15) is 0 Å². The number of rotatable bonds is 5.